The Labute approximate surface area is 99.2 Å². The number of rotatable bonds is 5. The summed E-state index contributed by atoms with van der Waals surface area (Å²) < 4.78 is 5.21. The number of carboxylic acid groups (broad SMARTS) is 1. The molecule has 90 valence electrons. The summed E-state index contributed by atoms with van der Waals surface area (Å²) in [6.45, 7) is 5.88. The first-order chi connectivity index (χ1) is 7.29. The van der Waals surface area contributed by atoms with E-state index in [0.717, 1.165) is 5.75 Å². The van der Waals surface area contributed by atoms with Crippen molar-refractivity contribution in [2.24, 2.45) is 5.73 Å². The molecule has 0 radical (unpaired) electrons. The van der Waals surface area contributed by atoms with Crippen molar-refractivity contribution in [3.8, 4) is 0 Å². The highest BCUT2D eigenvalue weighted by molar-refractivity contribution is 7.99. The molecule has 1 aromatic heterocycles. The third-order valence-corrected chi connectivity index (χ3v) is 3.59. The molecule has 0 bridgehead atoms. The van der Waals surface area contributed by atoms with E-state index in [1.54, 1.807) is 17.8 Å². The summed E-state index contributed by atoms with van der Waals surface area (Å²) in [4.78, 5) is 10.6. The van der Waals surface area contributed by atoms with Crippen LogP contribution in [0.4, 0.5) is 0 Å². The van der Waals surface area contributed by atoms with Gasteiger partial charge in [0, 0.05) is 11.3 Å². The van der Waals surface area contributed by atoms with Crippen LogP contribution in [0.15, 0.2) is 16.5 Å². The van der Waals surface area contributed by atoms with Crippen LogP contribution in [0.2, 0.25) is 0 Å². The van der Waals surface area contributed by atoms with Gasteiger partial charge in [0.15, 0.2) is 0 Å². The van der Waals surface area contributed by atoms with Gasteiger partial charge in [0.1, 0.15) is 5.76 Å². The summed E-state index contributed by atoms with van der Waals surface area (Å²) in [5.41, 5.74) is 5.63. The van der Waals surface area contributed by atoms with Crippen LogP contribution in [-0.2, 0) is 0 Å². The van der Waals surface area contributed by atoms with Crippen LogP contribution in [0.25, 0.3) is 0 Å². The first-order valence-electron chi connectivity index (χ1n) is 5.03. The van der Waals surface area contributed by atoms with Crippen molar-refractivity contribution in [1.82, 2.24) is 0 Å². The van der Waals surface area contributed by atoms with Crippen molar-refractivity contribution in [1.29, 1.82) is 0 Å². The van der Waals surface area contributed by atoms with Crippen LogP contribution in [0.5, 0.6) is 0 Å². The number of aromatic carboxylic acids is 1. The van der Waals surface area contributed by atoms with Crippen LogP contribution >= 0.6 is 11.8 Å². The fraction of sp³-hybridized carbons (Fsp3) is 0.545. The lowest BCUT2D eigenvalue weighted by Crippen LogP contribution is -2.34. The number of carboxylic acids is 1. The molecule has 0 saturated carbocycles. The number of hydrogen-bond acceptors (Lipinski definition) is 4. The third-order valence-electron chi connectivity index (χ3n) is 1.94. The molecule has 1 rings (SSSR count). The van der Waals surface area contributed by atoms with Gasteiger partial charge >= 0.3 is 5.97 Å². The highest BCUT2D eigenvalue weighted by Crippen LogP contribution is 2.31. The van der Waals surface area contributed by atoms with Crippen LogP contribution in [-0.4, -0.2) is 22.4 Å². The molecule has 0 amide bonds. The molecule has 1 unspecified atom stereocenters. The molecule has 3 N–H and O–H groups in total. The van der Waals surface area contributed by atoms with E-state index in [1.165, 1.54) is 6.07 Å². The lowest BCUT2D eigenvalue weighted by molar-refractivity contribution is 0.0660. The number of hydrogen-bond donors (Lipinski definition) is 2. The van der Waals surface area contributed by atoms with Gasteiger partial charge in [-0.1, -0.05) is 0 Å². The van der Waals surface area contributed by atoms with E-state index >= 15 is 0 Å². The summed E-state index contributed by atoms with van der Waals surface area (Å²) >= 11 is 1.65. The molecule has 5 heteroatoms. The van der Waals surface area contributed by atoms with E-state index in [9.17, 15) is 4.79 Å². The summed E-state index contributed by atoms with van der Waals surface area (Å²) in [5, 5.41) is 8.83. The first-order valence-corrected chi connectivity index (χ1v) is 6.08. The quantitative estimate of drug-likeness (QED) is 0.831. The normalized spacial score (nSPS) is 13.8. The highest BCUT2D eigenvalue weighted by atomic mass is 32.2. The summed E-state index contributed by atoms with van der Waals surface area (Å²) in [7, 11) is 0. The SMILES string of the molecule is CC(SCC(C)(C)N)c1ccc(C(=O)O)o1. The molecule has 0 aliphatic carbocycles. The molecule has 0 aliphatic rings. The molecule has 0 spiro atoms. The topological polar surface area (TPSA) is 76.5 Å². The Hall–Kier alpha value is -0.940. The fourth-order valence-electron chi connectivity index (χ4n) is 1.11. The fourth-order valence-corrected chi connectivity index (χ4v) is 2.08. The van der Waals surface area contributed by atoms with Crippen molar-refractivity contribution >= 4 is 17.7 Å². The van der Waals surface area contributed by atoms with Gasteiger partial charge in [-0.15, -0.1) is 11.8 Å². The van der Waals surface area contributed by atoms with Crippen LogP contribution in [0.3, 0.4) is 0 Å². The first kappa shape index (κ1) is 13.1. The van der Waals surface area contributed by atoms with Gasteiger partial charge in [0.05, 0.1) is 5.25 Å². The minimum atomic E-state index is -1.04. The Morgan fingerprint density at radius 2 is 2.25 bits per heavy atom. The Morgan fingerprint density at radius 1 is 1.62 bits per heavy atom. The van der Waals surface area contributed by atoms with Gasteiger partial charge in [-0.3, -0.25) is 0 Å². The second-order valence-electron chi connectivity index (χ2n) is 4.45. The maximum Gasteiger partial charge on any atom is 0.371 e. The van der Waals surface area contributed by atoms with Gasteiger partial charge in [-0.05, 0) is 32.9 Å². The Morgan fingerprint density at radius 3 is 2.69 bits per heavy atom. The van der Waals surface area contributed by atoms with Crippen LogP contribution < -0.4 is 5.73 Å². The zero-order chi connectivity index (χ0) is 12.3. The summed E-state index contributed by atoms with van der Waals surface area (Å²) in [6.07, 6.45) is 0. The van der Waals surface area contributed by atoms with E-state index < -0.39 is 5.97 Å². The zero-order valence-electron chi connectivity index (χ0n) is 9.69. The van der Waals surface area contributed by atoms with Crippen molar-refractivity contribution in [2.45, 2.75) is 31.6 Å². The largest absolute Gasteiger partial charge is 0.475 e. The van der Waals surface area contributed by atoms with Crippen molar-refractivity contribution in [2.75, 3.05) is 5.75 Å². The van der Waals surface area contributed by atoms with E-state index in [1.807, 2.05) is 20.8 Å². The molecule has 0 aromatic carbocycles. The standard InChI is InChI=1S/C11H17NO3S/c1-7(16-6-11(2,3)12)8-4-5-9(15-8)10(13)14/h4-5,7H,6,12H2,1-3H3,(H,13,14). The molecule has 0 aliphatic heterocycles. The number of carbonyl (C=O) groups is 1. The summed E-state index contributed by atoms with van der Waals surface area (Å²) in [5.74, 6) is 0.404. The van der Waals surface area contributed by atoms with Gasteiger partial charge in [-0.2, -0.15) is 0 Å². The summed E-state index contributed by atoms with van der Waals surface area (Å²) in [6, 6.07) is 3.17. The van der Waals surface area contributed by atoms with Gasteiger partial charge in [0.25, 0.3) is 0 Å². The van der Waals surface area contributed by atoms with Gasteiger partial charge in [0.2, 0.25) is 5.76 Å². The van der Waals surface area contributed by atoms with Crippen LogP contribution in [0.1, 0.15) is 42.3 Å². The van der Waals surface area contributed by atoms with E-state index in [0.29, 0.717) is 5.76 Å². The molecule has 0 saturated heterocycles. The van der Waals surface area contributed by atoms with Gasteiger partial charge in [-0.25, -0.2) is 4.79 Å². The predicted molar refractivity (Wildman–Crippen MR) is 64.8 cm³/mol. The third kappa shape index (κ3) is 3.90. The van der Waals surface area contributed by atoms with E-state index in [4.69, 9.17) is 15.3 Å². The maximum absolute atomic E-state index is 10.6. The second kappa shape index (κ2) is 4.93. The van der Waals surface area contributed by atoms with Crippen molar-refractivity contribution < 1.29 is 14.3 Å². The number of furan rings is 1. The Balaban J connectivity index is 2.59. The predicted octanol–water partition coefficient (Wildman–Crippen LogP) is 2.51. The lowest BCUT2D eigenvalue weighted by Gasteiger charge is -2.19. The molecular weight excluding hydrogens is 226 g/mol. The average Bonchev–Trinajstić information content (AvgIpc) is 2.61. The lowest BCUT2D eigenvalue weighted by atomic mass is 10.1. The molecule has 4 nitrogen and oxygen atoms in total. The monoisotopic (exact) mass is 243 g/mol. The molecule has 0 fully saturated rings. The Kier molecular flexibility index (Phi) is 4.04. The number of thioether (sulfide) groups is 1. The average molecular weight is 243 g/mol. The smallest absolute Gasteiger partial charge is 0.371 e. The van der Waals surface area contributed by atoms with E-state index in [-0.39, 0.29) is 16.5 Å². The maximum atomic E-state index is 10.6. The van der Waals surface area contributed by atoms with Crippen molar-refractivity contribution in [3.63, 3.8) is 0 Å². The Bertz CT molecular complexity index is 368. The minimum absolute atomic E-state index is 0.0190. The van der Waals surface area contributed by atoms with Crippen LogP contribution in [0, 0.1) is 0 Å². The number of nitrogens with two attached hydrogens (primary N) is 1. The highest BCUT2D eigenvalue weighted by Gasteiger charge is 2.18. The second-order valence-corrected chi connectivity index (χ2v) is 5.78. The van der Waals surface area contributed by atoms with Crippen molar-refractivity contribution in [3.05, 3.63) is 23.7 Å². The van der Waals surface area contributed by atoms with E-state index in [2.05, 4.69) is 0 Å². The molecule has 1 aromatic rings. The molecular formula is C11H17NO3S. The molecule has 1 atom stereocenters. The molecule has 16 heavy (non-hydrogen) atoms. The molecule has 1 heterocycles. The minimum Gasteiger partial charge on any atom is -0.475 e. The zero-order valence-corrected chi connectivity index (χ0v) is 10.5. The van der Waals surface area contributed by atoms with Gasteiger partial charge < -0.3 is 15.3 Å².